The Balaban J connectivity index is 1.68. The zero-order valence-electron chi connectivity index (χ0n) is 23.8. The molecular formula is C27H29FN6O2S. The van der Waals surface area contributed by atoms with Crippen molar-refractivity contribution in [3.63, 3.8) is 0 Å². The Morgan fingerprint density at radius 1 is 1.24 bits per heavy atom. The average Bonchev–Trinajstić information content (AvgIpc) is 3.59. The number of fused-ring (bicyclic) bond motifs is 3. The molecule has 1 atom stereocenters. The molecule has 10 heteroatoms. The lowest BCUT2D eigenvalue weighted by Gasteiger charge is -2.32. The van der Waals surface area contributed by atoms with Crippen LogP contribution >= 0.6 is 11.3 Å². The van der Waals surface area contributed by atoms with Gasteiger partial charge in [-0.25, -0.2) is 9.07 Å². The van der Waals surface area contributed by atoms with E-state index in [9.17, 15) is 5.11 Å². The summed E-state index contributed by atoms with van der Waals surface area (Å²) in [7, 11) is 1.64. The predicted octanol–water partition coefficient (Wildman–Crippen LogP) is 5.13. The Bertz CT molecular complexity index is 1720. The minimum absolute atomic E-state index is 0.0161. The molecule has 1 unspecified atom stereocenters. The first-order valence-electron chi connectivity index (χ1n) is 13.7. The van der Waals surface area contributed by atoms with Crippen LogP contribution in [-0.2, 0) is 17.4 Å². The maximum absolute atomic E-state index is 15.5. The highest BCUT2D eigenvalue weighted by Gasteiger charge is 2.34. The van der Waals surface area contributed by atoms with Gasteiger partial charge in [-0.2, -0.15) is 0 Å². The fraction of sp³-hybridized carbons (Fsp3) is 0.407. The smallest absolute Gasteiger partial charge is 0.146 e. The van der Waals surface area contributed by atoms with Crippen molar-refractivity contribution in [2.24, 2.45) is 13.0 Å². The summed E-state index contributed by atoms with van der Waals surface area (Å²) in [6, 6.07) is 6.32. The average molecular weight is 524 g/mol. The van der Waals surface area contributed by atoms with Crippen molar-refractivity contribution in [2.75, 3.05) is 13.2 Å². The van der Waals surface area contributed by atoms with Gasteiger partial charge in [0.2, 0.25) is 0 Å². The number of rotatable bonds is 5. The SMILES string of the molecule is [2H]C([2H])([2H])c1nnn(C)c1-c1cnc2c3sc(C(C)(C)O)cc3n(C(c3ncccc3F)C3CCOCC3)c2c1. The van der Waals surface area contributed by atoms with Crippen molar-refractivity contribution >= 4 is 32.6 Å². The standard InChI is InChI=1S/C27H29FN6O2S/c1-15-24(33(4)32-31-15)17-12-19-23(30-14-17)26-20(13-21(37-26)27(2,3)35)34(19)25(16-7-10-36-11-8-16)22-18(28)6-5-9-29-22/h5-6,9,12-14,16,25,35H,7-8,10-11H2,1-4H3/i1D3. The zero-order chi connectivity index (χ0) is 28.4. The molecule has 0 aromatic carbocycles. The summed E-state index contributed by atoms with van der Waals surface area (Å²) in [6.45, 7) is 2.11. The lowest BCUT2D eigenvalue weighted by atomic mass is 9.88. The Labute approximate surface area is 221 Å². The zero-order valence-corrected chi connectivity index (χ0v) is 21.6. The van der Waals surface area contributed by atoms with E-state index in [1.54, 1.807) is 39.4 Å². The first-order chi connectivity index (χ1) is 18.9. The highest BCUT2D eigenvalue weighted by atomic mass is 32.1. The Morgan fingerprint density at radius 3 is 2.78 bits per heavy atom. The number of pyridine rings is 2. The summed E-state index contributed by atoms with van der Waals surface area (Å²) in [5, 5.41) is 18.7. The van der Waals surface area contributed by atoms with E-state index in [0.717, 1.165) is 15.1 Å². The van der Waals surface area contributed by atoms with Gasteiger partial charge >= 0.3 is 0 Å². The van der Waals surface area contributed by atoms with Crippen LogP contribution in [0.15, 0.2) is 36.7 Å². The molecule has 6 rings (SSSR count). The summed E-state index contributed by atoms with van der Waals surface area (Å²) < 4.78 is 49.4. The number of hydrogen-bond acceptors (Lipinski definition) is 7. The van der Waals surface area contributed by atoms with Gasteiger partial charge in [-0.15, -0.1) is 16.4 Å². The molecule has 8 nitrogen and oxygen atoms in total. The molecule has 0 bridgehead atoms. The number of nitrogens with zero attached hydrogens (tertiary/aromatic N) is 6. The molecule has 1 N–H and O–H groups in total. The summed E-state index contributed by atoms with van der Waals surface area (Å²) in [5.74, 6) is -0.390. The fourth-order valence-corrected chi connectivity index (χ4v) is 6.44. The van der Waals surface area contributed by atoms with Gasteiger partial charge in [0, 0.05) is 47.2 Å². The summed E-state index contributed by atoms with van der Waals surface area (Å²) >= 11 is 1.44. The van der Waals surface area contributed by atoms with Crippen LogP contribution in [-0.4, -0.2) is 47.8 Å². The van der Waals surface area contributed by atoms with E-state index in [1.807, 2.05) is 12.1 Å². The topological polar surface area (TPSA) is 90.9 Å². The van der Waals surface area contributed by atoms with Gasteiger partial charge in [0.15, 0.2) is 0 Å². The number of hydrogen-bond donors (Lipinski definition) is 1. The van der Waals surface area contributed by atoms with Gasteiger partial charge < -0.3 is 14.4 Å². The lowest BCUT2D eigenvalue weighted by Crippen LogP contribution is -2.28. The van der Waals surface area contributed by atoms with E-state index >= 15 is 4.39 Å². The van der Waals surface area contributed by atoms with Gasteiger partial charge in [-0.1, -0.05) is 5.21 Å². The molecule has 5 aromatic heterocycles. The second-order valence-electron chi connectivity index (χ2n) is 10.0. The van der Waals surface area contributed by atoms with E-state index in [0.29, 0.717) is 54.0 Å². The van der Waals surface area contributed by atoms with Crippen molar-refractivity contribution in [1.82, 2.24) is 29.5 Å². The van der Waals surface area contributed by atoms with Crippen LogP contribution in [0, 0.1) is 18.6 Å². The van der Waals surface area contributed by atoms with Gasteiger partial charge in [-0.05, 0) is 63.7 Å². The quantitative estimate of drug-likeness (QED) is 0.343. The molecule has 0 radical (unpaired) electrons. The Hall–Kier alpha value is -3.21. The van der Waals surface area contributed by atoms with Crippen molar-refractivity contribution in [3.8, 4) is 11.3 Å². The van der Waals surface area contributed by atoms with Crippen molar-refractivity contribution in [2.45, 2.75) is 45.2 Å². The first kappa shape index (κ1) is 20.8. The second kappa shape index (κ2) is 8.97. The molecule has 1 aliphatic heterocycles. The van der Waals surface area contributed by atoms with E-state index in [2.05, 4.69) is 19.9 Å². The molecule has 0 aliphatic carbocycles. The maximum Gasteiger partial charge on any atom is 0.146 e. The first-order valence-corrected chi connectivity index (χ1v) is 13.0. The number of thiophene rings is 1. The van der Waals surface area contributed by atoms with E-state index in [-0.39, 0.29) is 11.6 Å². The second-order valence-corrected chi connectivity index (χ2v) is 11.1. The third-order valence-electron chi connectivity index (χ3n) is 7.08. The van der Waals surface area contributed by atoms with Gasteiger partial charge in [0.05, 0.1) is 44.5 Å². The number of ether oxygens (including phenoxy) is 1. The Kier molecular flexibility index (Phi) is 5.04. The van der Waals surface area contributed by atoms with E-state index in [1.165, 1.54) is 22.1 Å². The fourth-order valence-electron chi connectivity index (χ4n) is 5.29. The third-order valence-corrected chi connectivity index (χ3v) is 8.52. The normalized spacial score (nSPS) is 17.7. The molecule has 0 amide bonds. The molecule has 37 heavy (non-hydrogen) atoms. The number of aryl methyl sites for hydroxylation is 2. The lowest BCUT2D eigenvalue weighted by molar-refractivity contribution is 0.0543. The number of halogens is 1. The van der Waals surface area contributed by atoms with Crippen LogP contribution in [0.1, 0.15) is 53.1 Å². The van der Waals surface area contributed by atoms with Gasteiger partial charge in [-0.3, -0.25) is 9.97 Å². The highest BCUT2D eigenvalue weighted by Crippen LogP contribution is 2.45. The summed E-state index contributed by atoms with van der Waals surface area (Å²) in [5.41, 5.74) is 2.19. The van der Waals surface area contributed by atoms with Crippen LogP contribution in [0.5, 0.6) is 0 Å². The highest BCUT2D eigenvalue weighted by molar-refractivity contribution is 7.20. The van der Waals surface area contributed by atoms with Crippen molar-refractivity contribution < 1.29 is 18.3 Å². The molecule has 5 aromatic rings. The molecule has 0 spiro atoms. The van der Waals surface area contributed by atoms with E-state index < -0.39 is 24.3 Å². The molecule has 1 aliphatic rings. The number of aromatic nitrogens is 6. The Morgan fingerprint density at radius 2 is 2.05 bits per heavy atom. The number of aliphatic hydroxyl groups is 1. The molecule has 1 fully saturated rings. The predicted molar refractivity (Wildman–Crippen MR) is 141 cm³/mol. The van der Waals surface area contributed by atoms with Crippen molar-refractivity contribution in [3.05, 3.63) is 58.7 Å². The molecule has 192 valence electrons. The largest absolute Gasteiger partial charge is 0.385 e. The molecule has 6 heterocycles. The minimum atomic E-state index is -2.47. The molecule has 0 saturated carbocycles. The summed E-state index contributed by atoms with van der Waals surface area (Å²) in [4.78, 5) is 10.1. The summed E-state index contributed by atoms with van der Waals surface area (Å²) in [6.07, 6.45) is 4.64. The van der Waals surface area contributed by atoms with Gasteiger partial charge in [0.1, 0.15) is 11.3 Å². The minimum Gasteiger partial charge on any atom is -0.385 e. The van der Waals surface area contributed by atoms with Crippen LogP contribution in [0.25, 0.3) is 32.5 Å². The monoisotopic (exact) mass is 523 g/mol. The molecule has 1 saturated heterocycles. The maximum atomic E-state index is 15.5. The van der Waals surface area contributed by atoms with Crippen molar-refractivity contribution in [1.29, 1.82) is 0 Å². The van der Waals surface area contributed by atoms with Crippen LogP contribution in [0.3, 0.4) is 0 Å². The molecular weight excluding hydrogens is 491 g/mol. The van der Waals surface area contributed by atoms with Crippen LogP contribution in [0.4, 0.5) is 4.39 Å². The third kappa shape index (κ3) is 4.03. The van der Waals surface area contributed by atoms with Gasteiger partial charge in [0.25, 0.3) is 0 Å². The van der Waals surface area contributed by atoms with Crippen LogP contribution < -0.4 is 0 Å². The van der Waals surface area contributed by atoms with E-state index in [4.69, 9.17) is 13.8 Å². The van der Waals surface area contributed by atoms with Crippen LogP contribution in [0.2, 0.25) is 0 Å².